The Balaban J connectivity index is 3.14. The Bertz CT molecular complexity index is 385. The van der Waals surface area contributed by atoms with E-state index in [1.165, 1.54) is 6.92 Å². The van der Waals surface area contributed by atoms with Crippen LogP contribution in [-0.4, -0.2) is 11.2 Å². The van der Waals surface area contributed by atoms with Gasteiger partial charge >= 0.3 is 5.43 Å². The van der Waals surface area contributed by atoms with Crippen LogP contribution in [0, 0.1) is 6.92 Å². The molecule has 0 saturated carbocycles. The standard InChI is InChI=1S/C10H9ClO3/c1-6-3-4-9(14-10(11)13)8(5-6)7(2)12/h3-5H,1-2H3. The number of Topliss-reactive ketones (excluding diaryl/α,β-unsaturated/α-hetero) is 1. The predicted molar refractivity (Wildman–Crippen MR) is 53.1 cm³/mol. The molecule has 0 bridgehead atoms. The molecule has 0 radical (unpaired) electrons. The van der Waals surface area contributed by atoms with Crippen molar-refractivity contribution in [1.29, 1.82) is 0 Å². The first-order chi connectivity index (χ1) is 6.50. The highest BCUT2D eigenvalue weighted by Crippen LogP contribution is 2.21. The van der Waals surface area contributed by atoms with E-state index in [9.17, 15) is 9.59 Å². The fourth-order valence-electron chi connectivity index (χ4n) is 1.09. The number of carbonyl (C=O) groups excluding carboxylic acids is 2. The van der Waals surface area contributed by atoms with E-state index in [0.29, 0.717) is 5.56 Å². The van der Waals surface area contributed by atoms with Gasteiger partial charge in [0, 0.05) is 11.6 Å². The molecule has 3 nitrogen and oxygen atoms in total. The Kier molecular flexibility index (Phi) is 3.25. The highest BCUT2D eigenvalue weighted by Gasteiger charge is 2.10. The zero-order valence-corrected chi connectivity index (χ0v) is 8.59. The van der Waals surface area contributed by atoms with Gasteiger partial charge in [-0.25, -0.2) is 4.79 Å². The summed E-state index contributed by atoms with van der Waals surface area (Å²) in [5.41, 5.74) is 0.333. The monoisotopic (exact) mass is 212 g/mol. The summed E-state index contributed by atoms with van der Waals surface area (Å²) in [5, 5.41) is 0. The molecule has 0 atom stereocenters. The van der Waals surface area contributed by atoms with Gasteiger partial charge in [0.25, 0.3) is 0 Å². The summed E-state index contributed by atoms with van der Waals surface area (Å²) in [6, 6.07) is 4.94. The molecule has 0 spiro atoms. The number of hydrogen-bond donors (Lipinski definition) is 0. The molecule has 4 heteroatoms. The first kappa shape index (κ1) is 10.7. The molecule has 1 aromatic rings. The van der Waals surface area contributed by atoms with E-state index in [1.54, 1.807) is 18.2 Å². The minimum atomic E-state index is -0.948. The number of ketones is 1. The summed E-state index contributed by atoms with van der Waals surface area (Å²) in [7, 11) is 0. The maximum atomic E-state index is 11.2. The number of ether oxygens (including phenoxy) is 1. The number of halogens is 1. The summed E-state index contributed by atoms with van der Waals surface area (Å²) in [6.07, 6.45) is 0. The molecular formula is C10H9ClO3. The van der Waals surface area contributed by atoms with Crippen LogP contribution in [0.4, 0.5) is 4.79 Å². The van der Waals surface area contributed by atoms with Crippen molar-refractivity contribution >= 4 is 22.8 Å². The maximum absolute atomic E-state index is 11.2. The van der Waals surface area contributed by atoms with Crippen molar-refractivity contribution in [3.8, 4) is 5.75 Å². The highest BCUT2D eigenvalue weighted by atomic mass is 35.5. The number of aryl methyl sites for hydroxylation is 1. The molecule has 0 aromatic heterocycles. The largest absolute Gasteiger partial charge is 0.414 e. The van der Waals surface area contributed by atoms with Crippen molar-refractivity contribution in [1.82, 2.24) is 0 Å². The van der Waals surface area contributed by atoms with Gasteiger partial charge in [0.2, 0.25) is 0 Å². The van der Waals surface area contributed by atoms with Crippen molar-refractivity contribution in [2.24, 2.45) is 0 Å². The Morgan fingerprint density at radius 1 is 1.36 bits per heavy atom. The molecule has 0 heterocycles. The third-order valence-electron chi connectivity index (χ3n) is 1.70. The first-order valence-corrected chi connectivity index (χ1v) is 4.37. The summed E-state index contributed by atoms with van der Waals surface area (Å²) in [4.78, 5) is 21.7. The molecule has 74 valence electrons. The van der Waals surface area contributed by atoms with Crippen LogP contribution in [0.1, 0.15) is 22.8 Å². The van der Waals surface area contributed by atoms with Crippen LogP contribution in [0.25, 0.3) is 0 Å². The normalized spacial score (nSPS) is 9.64. The topological polar surface area (TPSA) is 43.4 Å². The molecule has 0 fully saturated rings. The molecule has 0 saturated heterocycles. The van der Waals surface area contributed by atoms with Crippen LogP contribution in [0.15, 0.2) is 18.2 Å². The fraction of sp³-hybridized carbons (Fsp3) is 0.200. The van der Waals surface area contributed by atoms with E-state index in [1.807, 2.05) is 6.92 Å². The van der Waals surface area contributed by atoms with E-state index in [0.717, 1.165) is 5.56 Å². The van der Waals surface area contributed by atoms with Gasteiger partial charge in [-0.15, -0.1) is 0 Å². The average Bonchev–Trinajstić information content (AvgIpc) is 2.07. The van der Waals surface area contributed by atoms with E-state index >= 15 is 0 Å². The molecular weight excluding hydrogens is 204 g/mol. The SMILES string of the molecule is CC(=O)c1cc(C)ccc1OC(=O)Cl. The van der Waals surface area contributed by atoms with Crippen LogP contribution in [0.5, 0.6) is 5.75 Å². The smallest absolute Gasteiger partial charge is 0.409 e. The average molecular weight is 213 g/mol. The maximum Gasteiger partial charge on any atom is 0.409 e. The highest BCUT2D eigenvalue weighted by molar-refractivity contribution is 6.61. The molecule has 0 amide bonds. The summed E-state index contributed by atoms with van der Waals surface area (Å²) >= 11 is 5.06. The van der Waals surface area contributed by atoms with E-state index in [2.05, 4.69) is 4.74 Å². The Morgan fingerprint density at radius 3 is 2.50 bits per heavy atom. The summed E-state index contributed by atoms with van der Waals surface area (Å²) in [6.45, 7) is 3.25. The molecule has 1 aromatic carbocycles. The fourth-order valence-corrected chi connectivity index (χ4v) is 1.18. The molecule has 0 N–H and O–H groups in total. The molecule has 1 rings (SSSR count). The second-order valence-corrected chi connectivity index (χ2v) is 3.20. The third-order valence-corrected chi connectivity index (χ3v) is 1.78. The first-order valence-electron chi connectivity index (χ1n) is 3.99. The Labute approximate surface area is 86.6 Å². The molecule has 0 aliphatic carbocycles. The predicted octanol–water partition coefficient (Wildman–Crippen LogP) is 2.94. The Morgan fingerprint density at radius 2 is 2.00 bits per heavy atom. The van der Waals surface area contributed by atoms with Gasteiger partial charge in [0.15, 0.2) is 5.78 Å². The van der Waals surface area contributed by atoms with E-state index < -0.39 is 5.43 Å². The van der Waals surface area contributed by atoms with Crippen molar-refractivity contribution in [3.05, 3.63) is 29.3 Å². The number of rotatable bonds is 2. The van der Waals surface area contributed by atoms with Crippen molar-refractivity contribution in [2.45, 2.75) is 13.8 Å². The van der Waals surface area contributed by atoms with Crippen LogP contribution in [-0.2, 0) is 0 Å². The van der Waals surface area contributed by atoms with Gasteiger partial charge < -0.3 is 4.74 Å². The zero-order chi connectivity index (χ0) is 10.7. The lowest BCUT2D eigenvalue weighted by molar-refractivity contribution is 0.101. The third kappa shape index (κ3) is 2.57. The lowest BCUT2D eigenvalue weighted by atomic mass is 10.1. The van der Waals surface area contributed by atoms with Gasteiger partial charge in [-0.2, -0.15) is 0 Å². The number of hydrogen-bond acceptors (Lipinski definition) is 3. The zero-order valence-electron chi connectivity index (χ0n) is 7.83. The number of carbonyl (C=O) groups is 2. The van der Waals surface area contributed by atoms with Gasteiger partial charge in [-0.3, -0.25) is 4.79 Å². The second kappa shape index (κ2) is 4.24. The van der Waals surface area contributed by atoms with Crippen molar-refractivity contribution < 1.29 is 14.3 Å². The molecule has 0 aliphatic rings. The molecule has 0 unspecified atom stereocenters. The summed E-state index contributed by atoms with van der Waals surface area (Å²) in [5.74, 6) is 0.0321. The summed E-state index contributed by atoms with van der Waals surface area (Å²) < 4.78 is 4.67. The van der Waals surface area contributed by atoms with Crippen LogP contribution in [0.2, 0.25) is 0 Å². The minimum Gasteiger partial charge on any atom is -0.414 e. The van der Waals surface area contributed by atoms with Crippen molar-refractivity contribution in [3.63, 3.8) is 0 Å². The van der Waals surface area contributed by atoms with E-state index in [-0.39, 0.29) is 11.5 Å². The van der Waals surface area contributed by atoms with Gasteiger partial charge in [-0.1, -0.05) is 11.6 Å². The molecule has 14 heavy (non-hydrogen) atoms. The lowest BCUT2D eigenvalue weighted by Crippen LogP contribution is -2.03. The van der Waals surface area contributed by atoms with Gasteiger partial charge in [0.1, 0.15) is 5.75 Å². The lowest BCUT2D eigenvalue weighted by Gasteiger charge is -2.05. The minimum absolute atomic E-state index is 0.165. The second-order valence-electron chi connectivity index (χ2n) is 2.90. The molecule has 0 aliphatic heterocycles. The van der Waals surface area contributed by atoms with Crippen LogP contribution in [0.3, 0.4) is 0 Å². The van der Waals surface area contributed by atoms with Gasteiger partial charge in [0.05, 0.1) is 5.56 Å². The van der Waals surface area contributed by atoms with Gasteiger partial charge in [-0.05, 0) is 26.0 Å². The Hall–Kier alpha value is -1.35. The van der Waals surface area contributed by atoms with E-state index in [4.69, 9.17) is 11.6 Å². The van der Waals surface area contributed by atoms with Crippen molar-refractivity contribution in [2.75, 3.05) is 0 Å². The van der Waals surface area contributed by atoms with Crippen LogP contribution >= 0.6 is 11.6 Å². The number of benzene rings is 1. The quantitative estimate of drug-likeness (QED) is 0.559. The van der Waals surface area contributed by atoms with Crippen LogP contribution < -0.4 is 4.74 Å².